The van der Waals surface area contributed by atoms with E-state index in [-0.39, 0.29) is 0 Å². The summed E-state index contributed by atoms with van der Waals surface area (Å²) in [6.45, 7) is 9.72. The van der Waals surface area contributed by atoms with Crippen LogP contribution in [0.25, 0.3) is 0 Å². The van der Waals surface area contributed by atoms with E-state index in [1.807, 2.05) is 0 Å². The molecule has 2 aliphatic rings. The van der Waals surface area contributed by atoms with E-state index >= 15 is 0 Å². The fourth-order valence-electron chi connectivity index (χ4n) is 3.76. The fourth-order valence-corrected chi connectivity index (χ4v) is 3.76. The van der Waals surface area contributed by atoms with Crippen LogP contribution in [0.1, 0.15) is 52.9 Å². The van der Waals surface area contributed by atoms with Gasteiger partial charge in [-0.3, -0.25) is 0 Å². The van der Waals surface area contributed by atoms with Crippen LogP contribution in [-0.2, 0) is 0 Å². The molecule has 0 bridgehead atoms. The van der Waals surface area contributed by atoms with Gasteiger partial charge in [0.1, 0.15) is 0 Å². The van der Waals surface area contributed by atoms with Crippen molar-refractivity contribution in [2.45, 2.75) is 65.0 Å². The Morgan fingerprint density at radius 3 is 2.41 bits per heavy atom. The summed E-state index contributed by atoms with van der Waals surface area (Å²) in [5.41, 5.74) is 6.30. The second-order valence-corrected chi connectivity index (χ2v) is 6.82. The average Bonchev–Trinajstić information content (AvgIpc) is 2.27. The predicted octanol–water partition coefficient (Wildman–Crippen LogP) is 2.87. The number of piperidine rings is 1. The van der Waals surface area contributed by atoms with Gasteiger partial charge < -0.3 is 10.6 Å². The van der Waals surface area contributed by atoms with Crippen molar-refractivity contribution in [2.75, 3.05) is 13.1 Å². The van der Waals surface area contributed by atoms with Crippen molar-refractivity contribution < 1.29 is 0 Å². The summed E-state index contributed by atoms with van der Waals surface area (Å²) in [5.74, 6) is 2.55. The number of hydrogen-bond acceptors (Lipinski definition) is 2. The third-order valence-corrected chi connectivity index (χ3v) is 5.05. The Balaban J connectivity index is 1.86. The second-order valence-electron chi connectivity index (χ2n) is 6.82. The maximum Gasteiger partial charge on any atom is 0.00795 e. The van der Waals surface area contributed by atoms with Crippen LogP contribution in [-0.4, -0.2) is 30.1 Å². The quantitative estimate of drug-likeness (QED) is 0.801. The molecular weight excluding hydrogens is 208 g/mol. The molecule has 2 rings (SSSR count). The molecule has 2 N–H and O–H groups in total. The highest BCUT2D eigenvalue weighted by Gasteiger charge is 2.30. The van der Waals surface area contributed by atoms with Gasteiger partial charge in [-0.2, -0.15) is 0 Å². The van der Waals surface area contributed by atoms with Gasteiger partial charge in [0.15, 0.2) is 0 Å². The number of likely N-dealkylation sites (tertiary alicyclic amines) is 1. The summed E-state index contributed by atoms with van der Waals surface area (Å²) >= 11 is 0. The first-order valence-electron chi connectivity index (χ1n) is 7.56. The smallest absolute Gasteiger partial charge is 0.00795 e. The minimum atomic E-state index is 0.456. The van der Waals surface area contributed by atoms with Gasteiger partial charge in [0.2, 0.25) is 0 Å². The van der Waals surface area contributed by atoms with Gasteiger partial charge in [-0.15, -0.1) is 0 Å². The number of nitrogens with zero attached hydrogens (tertiary/aromatic N) is 1. The lowest BCUT2D eigenvalue weighted by atomic mass is 9.78. The maximum absolute atomic E-state index is 6.30. The third-order valence-electron chi connectivity index (χ3n) is 5.05. The Hall–Kier alpha value is -0.0800. The molecule has 1 saturated heterocycles. The normalized spacial score (nSPS) is 44.8. The molecule has 0 radical (unpaired) electrons. The molecule has 5 unspecified atom stereocenters. The van der Waals surface area contributed by atoms with Crippen LogP contribution in [0, 0.1) is 17.8 Å². The first kappa shape index (κ1) is 13.4. The van der Waals surface area contributed by atoms with Crippen molar-refractivity contribution in [1.82, 2.24) is 4.90 Å². The van der Waals surface area contributed by atoms with E-state index in [0.29, 0.717) is 6.04 Å². The summed E-state index contributed by atoms with van der Waals surface area (Å²) in [4.78, 5) is 2.70. The lowest BCUT2D eigenvalue weighted by molar-refractivity contribution is 0.0860. The summed E-state index contributed by atoms with van der Waals surface area (Å²) in [7, 11) is 0. The van der Waals surface area contributed by atoms with Gasteiger partial charge in [-0.1, -0.05) is 13.8 Å². The van der Waals surface area contributed by atoms with Crippen molar-refractivity contribution in [3.05, 3.63) is 0 Å². The molecule has 100 valence electrons. The zero-order valence-electron chi connectivity index (χ0n) is 11.9. The second kappa shape index (κ2) is 5.71. The molecule has 1 heterocycles. The van der Waals surface area contributed by atoms with Crippen molar-refractivity contribution in [3.63, 3.8) is 0 Å². The molecular formula is C15H30N2. The Bertz CT molecular complexity index is 241. The van der Waals surface area contributed by atoms with Crippen molar-refractivity contribution in [1.29, 1.82) is 0 Å². The first-order valence-corrected chi connectivity index (χ1v) is 7.56. The van der Waals surface area contributed by atoms with E-state index < -0.39 is 0 Å². The SMILES string of the molecule is CC1CCC(N)C(CN2CCC(C)CC2C)C1. The zero-order chi connectivity index (χ0) is 12.4. The van der Waals surface area contributed by atoms with Crippen LogP contribution in [0.2, 0.25) is 0 Å². The largest absolute Gasteiger partial charge is 0.327 e. The molecule has 2 heteroatoms. The maximum atomic E-state index is 6.30. The molecule has 1 aliphatic carbocycles. The highest BCUT2D eigenvalue weighted by molar-refractivity contribution is 4.86. The van der Waals surface area contributed by atoms with Gasteiger partial charge in [0, 0.05) is 18.6 Å². The van der Waals surface area contributed by atoms with Gasteiger partial charge in [0.25, 0.3) is 0 Å². The first-order chi connectivity index (χ1) is 8.06. The zero-order valence-corrected chi connectivity index (χ0v) is 11.9. The molecule has 2 nitrogen and oxygen atoms in total. The van der Waals surface area contributed by atoms with Crippen LogP contribution < -0.4 is 5.73 Å². The molecule has 0 aromatic rings. The molecule has 0 aromatic heterocycles. The van der Waals surface area contributed by atoms with Gasteiger partial charge in [0.05, 0.1) is 0 Å². The summed E-state index contributed by atoms with van der Waals surface area (Å²) in [6.07, 6.45) is 6.67. The van der Waals surface area contributed by atoms with E-state index in [0.717, 1.165) is 23.8 Å². The Morgan fingerprint density at radius 1 is 1.00 bits per heavy atom. The average molecular weight is 238 g/mol. The minimum Gasteiger partial charge on any atom is -0.327 e. The standard InChI is InChI=1S/C15H30N2/c1-11-4-5-15(16)14(9-11)10-17-7-6-12(2)8-13(17)3/h11-15H,4-10,16H2,1-3H3. The van der Waals surface area contributed by atoms with E-state index in [1.54, 1.807) is 0 Å². The monoisotopic (exact) mass is 238 g/mol. The summed E-state index contributed by atoms with van der Waals surface area (Å²) < 4.78 is 0. The van der Waals surface area contributed by atoms with E-state index in [9.17, 15) is 0 Å². The third kappa shape index (κ3) is 3.45. The van der Waals surface area contributed by atoms with Crippen LogP contribution in [0.3, 0.4) is 0 Å². The fraction of sp³-hybridized carbons (Fsp3) is 1.00. The van der Waals surface area contributed by atoms with Crippen molar-refractivity contribution in [3.8, 4) is 0 Å². The molecule has 2 fully saturated rings. The van der Waals surface area contributed by atoms with Crippen LogP contribution in [0.15, 0.2) is 0 Å². The van der Waals surface area contributed by atoms with Crippen molar-refractivity contribution in [2.24, 2.45) is 23.5 Å². The number of hydrogen-bond donors (Lipinski definition) is 1. The highest BCUT2D eigenvalue weighted by Crippen LogP contribution is 2.31. The molecule has 5 atom stereocenters. The van der Waals surface area contributed by atoms with Crippen molar-refractivity contribution >= 4 is 0 Å². The molecule has 17 heavy (non-hydrogen) atoms. The Kier molecular flexibility index (Phi) is 4.48. The van der Waals surface area contributed by atoms with E-state index in [4.69, 9.17) is 5.73 Å². The van der Waals surface area contributed by atoms with Gasteiger partial charge >= 0.3 is 0 Å². The lowest BCUT2D eigenvalue weighted by Crippen LogP contribution is -2.48. The lowest BCUT2D eigenvalue weighted by Gasteiger charge is -2.41. The van der Waals surface area contributed by atoms with Crippen LogP contribution in [0.5, 0.6) is 0 Å². The van der Waals surface area contributed by atoms with Crippen LogP contribution >= 0.6 is 0 Å². The van der Waals surface area contributed by atoms with E-state index in [2.05, 4.69) is 25.7 Å². The Labute approximate surface area is 107 Å². The van der Waals surface area contributed by atoms with Gasteiger partial charge in [-0.25, -0.2) is 0 Å². The predicted molar refractivity (Wildman–Crippen MR) is 73.9 cm³/mol. The molecule has 0 spiro atoms. The molecule has 1 saturated carbocycles. The summed E-state index contributed by atoms with van der Waals surface area (Å²) in [6, 6.07) is 1.22. The number of nitrogens with two attached hydrogens (primary N) is 1. The molecule has 0 amide bonds. The topological polar surface area (TPSA) is 29.3 Å². The Morgan fingerprint density at radius 2 is 1.71 bits per heavy atom. The minimum absolute atomic E-state index is 0.456. The van der Waals surface area contributed by atoms with Gasteiger partial charge in [-0.05, 0) is 63.3 Å². The number of rotatable bonds is 2. The molecule has 1 aliphatic heterocycles. The summed E-state index contributed by atoms with van der Waals surface area (Å²) in [5, 5.41) is 0. The van der Waals surface area contributed by atoms with E-state index in [1.165, 1.54) is 45.2 Å². The highest BCUT2D eigenvalue weighted by atomic mass is 15.2. The molecule has 0 aromatic carbocycles. The van der Waals surface area contributed by atoms with Crippen LogP contribution in [0.4, 0.5) is 0 Å².